The number of nitrogens with zero attached hydrogens (tertiary/aromatic N) is 2. The Hall–Kier alpha value is -0.960. The monoisotopic (exact) mass is 221 g/mol. The van der Waals surface area contributed by atoms with Gasteiger partial charge in [0.25, 0.3) is 0 Å². The average molecular weight is 221 g/mol. The second kappa shape index (κ2) is 5.39. The highest BCUT2D eigenvalue weighted by atomic mass is 15.0. The van der Waals surface area contributed by atoms with Crippen molar-refractivity contribution in [2.45, 2.75) is 53.1 Å². The van der Waals surface area contributed by atoms with E-state index < -0.39 is 0 Å². The maximum Gasteiger partial charge on any atom is 0.128 e. The zero-order valence-corrected chi connectivity index (χ0v) is 11.0. The van der Waals surface area contributed by atoms with Crippen molar-refractivity contribution < 1.29 is 0 Å². The molecule has 0 aliphatic rings. The maximum atomic E-state index is 4.54. The summed E-state index contributed by atoms with van der Waals surface area (Å²) in [5, 5.41) is 3.43. The van der Waals surface area contributed by atoms with Crippen molar-refractivity contribution in [2.24, 2.45) is 5.92 Å². The van der Waals surface area contributed by atoms with Gasteiger partial charge < -0.3 is 5.32 Å². The molecule has 1 aromatic rings. The fourth-order valence-corrected chi connectivity index (χ4v) is 1.36. The Kier molecular flexibility index (Phi) is 4.42. The molecule has 1 rings (SSSR count). The minimum atomic E-state index is 0.128. The Morgan fingerprint density at radius 2 is 2.00 bits per heavy atom. The Bertz CT molecular complexity index is 326. The number of rotatable bonds is 4. The van der Waals surface area contributed by atoms with Crippen LogP contribution in [0.15, 0.2) is 12.3 Å². The molecule has 0 spiro atoms. The summed E-state index contributed by atoms with van der Waals surface area (Å²) in [5.41, 5.74) is 1.20. The van der Waals surface area contributed by atoms with Gasteiger partial charge in [-0.25, -0.2) is 9.97 Å². The van der Waals surface area contributed by atoms with Crippen LogP contribution in [0, 0.1) is 5.92 Å². The van der Waals surface area contributed by atoms with E-state index in [0.29, 0.717) is 5.92 Å². The van der Waals surface area contributed by atoms with E-state index in [0.717, 1.165) is 24.5 Å². The lowest BCUT2D eigenvalue weighted by Gasteiger charge is -2.20. The van der Waals surface area contributed by atoms with E-state index in [1.807, 2.05) is 12.3 Å². The average Bonchev–Trinajstić information content (AvgIpc) is 2.13. The lowest BCUT2D eigenvalue weighted by Crippen LogP contribution is -2.35. The molecular formula is C13H23N3. The molecule has 16 heavy (non-hydrogen) atoms. The fraction of sp³-hybridized carbons (Fsp3) is 0.692. The molecule has 0 saturated carbocycles. The predicted octanol–water partition coefficient (Wildman–Crippen LogP) is 2.56. The van der Waals surface area contributed by atoms with Gasteiger partial charge in [0.05, 0.1) is 5.69 Å². The minimum Gasteiger partial charge on any atom is -0.306 e. The first-order valence-corrected chi connectivity index (χ1v) is 5.92. The molecule has 0 fully saturated rings. The molecule has 0 radical (unpaired) electrons. The van der Waals surface area contributed by atoms with Crippen molar-refractivity contribution >= 4 is 0 Å². The molecular weight excluding hydrogens is 198 g/mol. The zero-order valence-electron chi connectivity index (χ0n) is 11.0. The Morgan fingerprint density at radius 3 is 2.56 bits per heavy atom. The van der Waals surface area contributed by atoms with Gasteiger partial charge in [-0.05, 0) is 32.8 Å². The van der Waals surface area contributed by atoms with Crippen LogP contribution >= 0.6 is 0 Å². The van der Waals surface area contributed by atoms with Crippen LogP contribution in [0.4, 0.5) is 0 Å². The van der Waals surface area contributed by atoms with E-state index >= 15 is 0 Å². The minimum absolute atomic E-state index is 0.128. The zero-order chi connectivity index (χ0) is 12.2. The van der Waals surface area contributed by atoms with Crippen molar-refractivity contribution in [1.82, 2.24) is 15.3 Å². The molecule has 1 N–H and O–H groups in total. The van der Waals surface area contributed by atoms with Crippen LogP contribution in [0.2, 0.25) is 0 Å². The first-order chi connectivity index (χ1) is 7.37. The van der Waals surface area contributed by atoms with E-state index in [4.69, 9.17) is 0 Å². The van der Waals surface area contributed by atoms with Gasteiger partial charge in [0.2, 0.25) is 0 Å². The lowest BCUT2D eigenvalue weighted by molar-refractivity contribution is 0.420. The van der Waals surface area contributed by atoms with Crippen LogP contribution in [-0.4, -0.2) is 15.5 Å². The van der Waals surface area contributed by atoms with Crippen molar-refractivity contribution in [3.63, 3.8) is 0 Å². The van der Waals surface area contributed by atoms with Crippen molar-refractivity contribution in [3.05, 3.63) is 23.8 Å². The molecule has 0 unspecified atom stereocenters. The SMILES string of the molecule is CC(C)Cc1nccc(CNC(C)(C)C)n1. The van der Waals surface area contributed by atoms with E-state index in [1.54, 1.807) is 0 Å². The van der Waals surface area contributed by atoms with Gasteiger partial charge in [-0.15, -0.1) is 0 Å². The summed E-state index contributed by atoms with van der Waals surface area (Å²) in [6.45, 7) is 11.6. The smallest absolute Gasteiger partial charge is 0.128 e. The third-order valence-electron chi connectivity index (χ3n) is 2.15. The van der Waals surface area contributed by atoms with Gasteiger partial charge in [-0.3, -0.25) is 0 Å². The quantitative estimate of drug-likeness (QED) is 0.849. The van der Waals surface area contributed by atoms with Crippen molar-refractivity contribution in [2.75, 3.05) is 0 Å². The van der Waals surface area contributed by atoms with Gasteiger partial charge in [0.15, 0.2) is 0 Å². The van der Waals surface area contributed by atoms with Gasteiger partial charge in [-0.2, -0.15) is 0 Å². The van der Waals surface area contributed by atoms with Crippen LogP contribution in [-0.2, 0) is 13.0 Å². The predicted molar refractivity (Wildman–Crippen MR) is 67.2 cm³/mol. The molecule has 0 bridgehead atoms. The maximum absolute atomic E-state index is 4.54. The molecule has 0 amide bonds. The highest BCUT2D eigenvalue weighted by Crippen LogP contribution is 2.05. The molecule has 1 heterocycles. The van der Waals surface area contributed by atoms with Crippen LogP contribution in [0.3, 0.4) is 0 Å². The van der Waals surface area contributed by atoms with Crippen LogP contribution < -0.4 is 5.32 Å². The summed E-state index contributed by atoms with van der Waals surface area (Å²) < 4.78 is 0. The third-order valence-corrected chi connectivity index (χ3v) is 2.15. The summed E-state index contributed by atoms with van der Waals surface area (Å²) in [4.78, 5) is 8.83. The molecule has 3 heteroatoms. The summed E-state index contributed by atoms with van der Waals surface area (Å²) >= 11 is 0. The summed E-state index contributed by atoms with van der Waals surface area (Å²) in [7, 11) is 0. The summed E-state index contributed by atoms with van der Waals surface area (Å²) in [6, 6.07) is 1.97. The molecule has 0 saturated heterocycles. The highest BCUT2D eigenvalue weighted by Gasteiger charge is 2.09. The van der Waals surface area contributed by atoms with Crippen LogP contribution in [0.25, 0.3) is 0 Å². The highest BCUT2D eigenvalue weighted by molar-refractivity contribution is 5.03. The van der Waals surface area contributed by atoms with Gasteiger partial charge in [0.1, 0.15) is 5.82 Å². The number of hydrogen-bond donors (Lipinski definition) is 1. The molecule has 1 aromatic heterocycles. The molecule has 90 valence electrons. The van der Waals surface area contributed by atoms with Crippen LogP contribution in [0.5, 0.6) is 0 Å². The topological polar surface area (TPSA) is 37.8 Å². The second-order valence-electron chi connectivity index (χ2n) is 5.67. The van der Waals surface area contributed by atoms with Crippen molar-refractivity contribution in [1.29, 1.82) is 0 Å². The van der Waals surface area contributed by atoms with Gasteiger partial charge in [0, 0.05) is 24.7 Å². The number of aromatic nitrogens is 2. The molecule has 0 atom stereocenters. The van der Waals surface area contributed by atoms with E-state index in [1.165, 1.54) is 0 Å². The molecule has 3 nitrogen and oxygen atoms in total. The standard InChI is InChI=1S/C13H23N3/c1-10(2)8-12-14-7-6-11(16-12)9-15-13(3,4)5/h6-7,10,15H,8-9H2,1-5H3. The first kappa shape index (κ1) is 13.1. The first-order valence-electron chi connectivity index (χ1n) is 5.92. The number of nitrogens with one attached hydrogen (secondary N) is 1. The van der Waals surface area contributed by atoms with E-state index in [2.05, 4.69) is 49.9 Å². The Morgan fingerprint density at radius 1 is 1.31 bits per heavy atom. The van der Waals surface area contributed by atoms with Gasteiger partial charge in [-0.1, -0.05) is 13.8 Å². The fourth-order valence-electron chi connectivity index (χ4n) is 1.36. The number of hydrogen-bond acceptors (Lipinski definition) is 3. The van der Waals surface area contributed by atoms with Crippen LogP contribution in [0.1, 0.15) is 46.1 Å². The Balaban J connectivity index is 2.60. The molecule has 0 aliphatic carbocycles. The van der Waals surface area contributed by atoms with Crippen molar-refractivity contribution in [3.8, 4) is 0 Å². The van der Waals surface area contributed by atoms with E-state index in [9.17, 15) is 0 Å². The Labute approximate surface area is 98.7 Å². The largest absolute Gasteiger partial charge is 0.306 e. The summed E-state index contributed by atoms with van der Waals surface area (Å²) in [6.07, 6.45) is 2.80. The van der Waals surface area contributed by atoms with E-state index in [-0.39, 0.29) is 5.54 Å². The van der Waals surface area contributed by atoms with Gasteiger partial charge >= 0.3 is 0 Å². The normalized spacial score (nSPS) is 12.1. The second-order valence-corrected chi connectivity index (χ2v) is 5.67. The summed E-state index contributed by atoms with van der Waals surface area (Å²) in [5.74, 6) is 1.55. The third kappa shape index (κ3) is 5.21. The molecule has 0 aromatic carbocycles. The molecule has 0 aliphatic heterocycles. The lowest BCUT2D eigenvalue weighted by atomic mass is 10.1.